The number of benzene rings is 1. The third-order valence-electron chi connectivity index (χ3n) is 3.80. The van der Waals surface area contributed by atoms with Gasteiger partial charge in [0.2, 0.25) is 0 Å². The van der Waals surface area contributed by atoms with Crippen LogP contribution in [0.5, 0.6) is 0 Å². The van der Waals surface area contributed by atoms with Crippen LogP contribution in [0.25, 0.3) is 0 Å². The Morgan fingerprint density at radius 2 is 2.25 bits per heavy atom. The van der Waals surface area contributed by atoms with Gasteiger partial charge in [0.25, 0.3) is 5.91 Å². The van der Waals surface area contributed by atoms with Gasteiger partial charge in [0, 0.05) is 30.3 Å². The van der Waals surface area contributed by atoms with Gasteiger partial charge in [0.05, 0.1) is 11.3 Å². The lowest BCUT2D eigenvalue weighted by atomic mass is 9.93. The van der Waals surface area contributed by atoms with Gasteiger partial charge in [-0.2, -0.15) is 0 Å². The lowest BCUT2D eigenvalue weighted by Crippen LogP contribution is -2.44. The molecule has 4 nitrogen and oxygen atoms in total. The Hall–Kier alpha value is -1.49. The number of oxime groups is 1. The zero-order chi connectivity index (χ0) is 14.5. The predicted molar refractivity (Wildman–Crippen MR) is 81.7 cm³/mol. The van der Waals surface area contributed by atoms with E-state index in [-0.39, 0.29) is 11.8 Å². The highest BCUT2D eigenvalue weighted by Gasteiger charge is 2.28. The number of hydrogen-bond acceptors (Lipinski definition) is 4. The summed E-state index contributed by atoms with van der Waals surface area (Å²) in [5.74, 6) is 0.240. The fourth-order valence-electron chi connectivity index (χ4n) is 2.59. The third kappa shape index (κ3) is 2.98. The molecular formula is C15H20N2O2S. The van der Waals surface area contributed by atoms with Gasteiger partial charge < -0.3 is 10.1 Å². The summed E-state index contributed by atoms with van der Waals surface area (Å²) in [5.41, 5.74) is 1.58. The molecule has 108 valence electrons. The molecule has 20 heavy (non-hydrogen) atoms. The molecule has 0 bridgehead atoms. The highest BCUT2D eigenvalue weighted by atomic mass is 32.2. The van der Waals surface area contributed by atoms with Crippen molar-refractivity contribution in [2.75, 3.05) is 19.3 Å². The van der Waals surface area contributed by atoms with E-state index in [0.717, 1.165) is 22.6 Å². The van der Waals surface area contributed by atoms with Gasteiger partial charge in [-0.3, -0.25) is 4.79 Å². The van der Waals surface area contributed by atoms with E-state index in [4.69, 9.17) is 5.21 Å². The van der Waals surface area contributed by atoms with Crippen LogP contribution >= 0.6 is 11.8 Å². The standard InChI is InChI=1S/C15H20N2O2S/c1-3-11-10-17(9-8-13(11)16-19)15(18)12-6-4-5-7-14(12)20-2/h4-7,11,19H,3,8-10H2,1-2H3/b16-13+. The Labute approximate surface area is 123 Å². The Bertz CT molecular complexity index is 516. The van der Waals surface area contributed by atoms with Gasteiger partial charge in [-0.05, 0) is 24.8 Å². The van der Waals surface area contributed by atoms with Crippen molar-refractivity contribution in [3.63, 3.8) is 0 Å². The SMILES string of the molecule is CCC1CN(C(=O)c2ccccc2SC)CC/C1=N\O. The quantitative estimate of drug-likeness (QED) is 0.529. The summed E-state index contributed by atoms with van der Waals surface area (Å²) in [6, 6.07) is 7.70. The minimum absolute atomic E-state index is 0.0744. The molecule has 1 amide bonds. The van der Waals surface area contributed by atoms with E-state index in [1.54, 1.807) is 11.8 Å². The van der Waals surface area contributed by atoms with E-state index < -0.39 is 0 Å². The minimum atomic E-state index is 0.0744. The van der Waals surface area contributed by atoms with Gasteiger partial charge in [-0.25, -0.2) is 0 Å². The molecule has 1 aromatic carbocycles. The highest BCUT2D eigenvalue weighted by molar-refractivity contribution is 7.98. The fourth-order valence-corrected chi connectivity index (χ4v) is 3.18. The van der Waals surface area contributed by atoms with Crippen molar-refractivity contribution in [3.8, 4) is 0 Å². The average Bonchev–Trinajstić information content (AvgIpc) is 2.53. The van der Waals surface area contributed by atoms with E-state index in [2.05, 4.69) is 12.1 Å². The molecule has 5 heteroatoms. The molecule has 1 fully saturated rings. The van der Waals surface area contributed by atoms with E-state index in [1.165, 1.54) is 0 Å². The Morgan fingerprint density at radius 1 is 1.50 bits per heavy atom. The van der Waals surface area contributed by atoms with E-state index in [0.29, 0.717) is 19.5 Å². The molecule has 1 aliphatic heterocycles. The second kappa shape index (κ2) is 6.79. The van der Waals surface area contributed by atoms with Crippen molar-refractivity contribution >= 4 is 23.4 Å². The Balaban J connectivity index is 2.18. The van der Waals surface area contributed by atoms with Crippen LogP contribution in [-0.4, -0.2) is 41.1 Å². The van der Waals surface area contributed by atoms with Gasteiger partial charge in [-0.1, -0.05) is 24.2 Å². The van der Waals surface area contributed by atoms with Crippen LogP contribution in [0.4, 0.5) is 0 Å². The van der Waals surface area contributed by atoms with Crippen LogP contribution in [0.15, 0.2) is 34.3 Å². The number of piperidine rings is 1. The van der Waals surface area contributed by atoms with Crippen molar-refractivity contribution in [1.82, 2.24) is 4.90 Å². The predicted octanol–water partition coefficient (Wildman–Crippen LogP) is 3.11. The maximum Gasteiger partial charge on any atom is 0.255 e. The van der Waals surface area contributed by atoms with Crippen molar-refractivity contribution < 1.29 is 10.0 Å². The first-order valence-electron chi connectivity index (χ1n) is 6.84. The lowest BCUT2D eigenvalue weighted by Gasteiger charge is -2.33. The largest absolute Gasteiger partial charge is 0.411 e. The number of thioether (sulfide) groups is 1. The first-order chi connectivity index (χ1) is 9.71. The van der Waals surface area contributed by atoms with Crippen LogP contribution in [0, 0.1) is 5.92 Å². The summed E-state index contributed by atoms with van der Waals surface area (Å²) >= 11 is 1.59. The van der Waals surface area contributed by atoms with Crippen LogP contribution in [0.3, 0.4) is 0 Å². The number of carbonyl (C=O) groups excluding carboxylic acids is 1. The molecule has 1 saturated heterocycles. The lowest BCUT2D eigenvalue weighted by molar-refractivity contribution is 0.0725. The average molecular weight is 292 g/mol. The number of likely N-dealkylation sites (tertiary alicyclic amines) is 1. The molecule has 2 rings (SSSR count). The summed E-state index contributed by atoms with van der Waals surface area (Å²) in [7, 11) is 0. The maximum absolute atomic E-state index is 12.6. The number of rotatable bonds is 3. The first-order valence-corrected chi connectivity index (χ1v) is 8.06. The maximum atomic E-state index is 12.6. The Kier molecular flexibility index (Phi) is 5.06. The topological polar surface area (TPSA) is 52.9 Å². The van der Waals surface area contributed by atoms with Crippen molar-refractivity contribution in [2.24, 2.45) is 11.1 Å². The summed E-state index contributed by atoms with van der Waals surface area (Å²) in [6.07, 6.45) is 3.52. The van der Waals surface area contributed by atoms with Crippen LogP contribution in [-0.2, 0) is 0 Å². The molecule has 1 aromatic rings. The summed E-state index contributed by atoms with van der Waals surface area (Å²) < 4.78 is 0. The van der Waals surface area contributed by atoms with Crippen LogP contribution in [0.2, 0.25) is 0 Å². The summed E-state index contributed by atoms with van der Waals surface area (Å²) in [6.45, 7) is 3.31. The molecule has 0 spiro atoms. The van der Waals surface area contributed by atoms with Crippen LogP contribution < -0.4 is 0 Å². The Morgan fingerprint density at radius 3 is 2.90 bits per heavy atom. The molecule has 1 heterocycles. The molecule has 1 aliphatic rings. The number of nitrogens with zero attached hydrogens (tertiary/aromatic N) is 2. The second-order valence-corrected chi connectivity index (χ2v) is 5.75. The zero-order valence-electron chi connectivity index (χ0n) is 11.9. The molecule has 1 atom stereocenters. The third-order valence-corrected chi connectivity index (χ3v) is 4.59. The van der Waals surface area contributed by atoms with Gasteiger partial charge in [-0.15, -0.1) is 11.8 Å². The van der Waals surface area contributed by atoms with E-state index >= 15 is 0 Å². The monoisotopic (exact) mass is 292 g/mol. The minimum Gasteiger partial charge on any atom is -0.411 e. The molecule has 1 unspecified atom stereocenters. The fraction of sp³-hybridized carbons (Fsp3) is 0.467. The molecule has 0 aliphatic carbocycles. The first kappa shape index (κ1) is 14.9. The van der Waals surface area contributed by atoms with Crippen molar-refractivity contribution in [2.45, 2.75) is 24.7 Å². The van der Waals surface area contributed by atoms with Gasteiger partial charge >= 0.3 is 0 Å². The van der Waals surface area contributed by atoms with Crippen LogP contribution in [0.1, 0.15) is 30.1 Å². The second-order valence-electron chi connectivity index (χ2n) is 4.90. The smallest absolute Gasteiger partial charge is 0.255 e. The zero-order valence-corrected chi connectivity index (χ0v) is 12.7. The molecule has 0 saturated carbocycles. The number of hydrogen-bond donors (Lipinski definition) is 1. The van der Waals surface area contributed by atoms with Gasteiger partial charge in [0.1, 0.15) is 0 Å². The van der Waals surface area contributed by atoms with Crippen molar-refractivity contribution in [1.29, 1.82) is 0 Å². The van der Waals surface area contributed by atoms with E-state index in [9.17, 15) is 4.79 Å². The number of carbonyl (C=O) groups is 1. The number of amides is 1. The molecule has 0 radical (unpaired) electrons. The molecule has 0 aromatic heterocycles. The van der Waals surface area contributed by atoms with E-state index in [1.807, 2.05) is 35.4 Å². The normalized spacial score (nSPS) is 21.2. The highest BCUT2D eigenvalue weighted by Crippen LogP contribution is 2.24. The van der Waals surface area contributed by atoms with Gasteiger partial charge in [0.15, 0.2) is 0 Å². The molecule has 1 N–H and O–H groups in total. The summed E-state index contributed by atoms with van der Waals surface area (Å²) in [4.78, 5) is 15.5. The molecular weight excluding hydrogens is 272 g/mol. The summed E-state index contributed by atoms with van der Waals surface area (Å²) in [5, 5.41) is 12.4. The van der Waals surface area contributed by atoms with Crippen molar-refractivity contribution in [3.05, 3.63) is 29.8 Å².